The zero-order valence-electron chi connectivity index (χ0n) is 10.5. The minimum Gasteiger partial charge on any atom is -0.497 e. The van der Waals surface area contributed by atoms with Crippen LogP contribution in [0, 0.1) is 0 Å². The zero-order valence-corrected chi connectivity index (χ0v) is 11.3. The number of ether oxygens (including phenoxy) is 1. The van der Waals surface area contributed by atoms with Gasteiger partial charge in [-0.1, -0.05) is 12.1 Å². The number of hydrogen-bond donors (Lipinski definition) is 1. The Labute approximate surface area is 115 Å². The molecule has 0 atom stereocenters. The maximum Gasteiger partial charge on any atom is 0.293 e. The molecule has 19 heavy (non-hydrogen) atoms. The Morgan fingerprint density at radius 2 is 2.21 bits per heavy atom. The van der Waals surface area contributed by atoms with Crippen molar-refractivity contribution in [3.63, 3.8) is 0 Å². The summed E-state index contributed by atoms with van der Waals surface area (Å²) in [7, 11) is 1.58. The van der Waals surface area contributed by atoms with Crippen molar-refractivity contribution in [2.24, 2.45) is 5.73 Å². The van der Waals surface area contributed by atoms with Gasteiger partial charge in [-0.05, 0) is 35.5 Å². The van der Waals surface area contributed by atoms with Crippen LogP contribution >= 0.6 is 11.8 Å². The fourth-order valence-electron chi connectivity index (χ4n) is 1.70. The molecule has 1 aliphatic rings. The molecule has 0 saturated carbocycles. The van der Waals surface area contributed by atoms with Crippen LogP contribution in [0.3, 0.4) is 0 Å². The summed E-state index contributed by atoms with van der Waals surface area (Å²) in [5.41, 5.74) is 6.19. The van der Waals surface area contributed by atoms with Gasteiger partial charge in [0.25, 0.3) is 11.1 Å². The number of benzene rings is 1. The molecule has 0 radical (unpaired) electrons. The fraction of sp³-hybridized carbons (Fsp3) is 0.231. The predicted molar refractivity (Wildman–Crippen MR) is 74.7 cm³/mol. The van der Waals surface area contributed by atoms with Crippen LogP contribution in [0.4, 0.5) is 4.79 Å². The second kappa shape index (κ2) is 5.90. The van der Waals surface area contributed by atoms with Gasteiger partial charge < -0.3 is 10.5 Å². The first-order valence-electron chi connectivity index (χ1n) is 5.75. The maximum atomic E-state index is 12.0. The highest BCUT2D eigenvalue weighted by molar-refractivity contribution is 8.18. The quantitative estimate of drug-likeness (QED) is 0.848. The molecule has 1 aromatic carbocycles. The zero-order chi connectivity index (χ0) is 13.8. The Balaban J connectivity index is 2.24. The lowest BCUT2D eigenvalue weighted by Gasteiger charge is -2.09. The van der Waals surface area contributed by atoms with Gasteiger partial charge in [0.2, 0.25) is 0 Å². The number of hydrogen-bond acceptors (Lipinski definition) is 5. The third-order valence-corrected chi connectivity index (χ3v) is 3.53. The predicted octanol–water partition coefficient (Wildman–Crippen LogP) is 1.69. The molecule has 100 valence electrons. The lowest BCUT2D eigenvalue weighted by Crippen LogP contribution is -2.33. The fourth-order valence-corrected chi connectivity index (χ4v) is 2.57. The summed E-state index contributed by atoms with van der Waals surface area (Å²) < 4.78 is 5.11. The molecule has 2 rings (SSSR count). The van der Waals surface area contributed by atoms with E-state index in [-0.39, 0.29) is 24.2 Å². The molecule has 2 N–H and O–H groups in total. The van der Waals surface area contributed by atoms with Crippen molar-refractivity contribution < 1.29 is 14.3 Å². The Morgan fingerprint density at radius 1 is 1.42 bits per heavy atom. The molecule has 1 aliphatic heterocycles. The van der Waals surface area contributed by atoms with Gasteiger partial charge in [0.05, 0.1) is 12.0 Å². The van der Waals surface area contributed by atoms with Gasteiger partial charge in [0.1, 0.15) is 5.75 Å². The van der Waals surface area contributed by atoms with Gasteiger partial charge in [0, 0.05) is 13.1 Å². The van der Waals surface area contributed by atoms with Crippen LogP contribution in [0.15, 0.2) is 29.2 Å². The van der Waals surface area contributed by atoms with E-state index in [9.17, 15) is 9.59 Å². The van der Waals surface area contributed by atoms with Crippen LogP contribution in [0.5, 0.6) is 5.75 Å². The normalized spacial score (nSPS) is 17.4. The standard InChI is InChI=1S/C13H14N2O3S/c1-18-10-4-2-3-9(7-10)8-11-12(16)15(6-5-14)13(17)19-11/h2-4,7-8H,5-6,14H2,1H3. The van der Waals surface area contributed by atoms with E-state index in [1.54, 1.807) is 19.3 Å². The van der Waals surface area contributed by atoms with Gasteiger partial charge in [-0.15, -0.1) is 0 Å². The monoisotopic (exact) mass is 278 g/mol. The van der Waals surface area contributed by atoms with Crippen molar-refractivity contribution in [3.05, 3.63) is 34.7 Å². The number of carbonyl (C=O) groups is 2. The van der Waals surface area contributed by atoms with E-state index in [0.717, 1.165) is 22.2 Å². The average Bonchev–Trinajstić information content (AvgIpc) is 2.67. The smallest absolute Gasteiger partial charge is 0.293 e. The second-order valence-electron chi connectivity index (χ2n) is 3.90. The van der Waals surface area contributed by atoms with Crippen molar-refractivity contribution in [1.29, 1.82) is 0 Å². The van der Waals surface area contributed by atoms with E-state index in [0.29, 0.717) is 10.7 Å². The topological polar surface area (TPSA) is 72.6 Å². The third-order valence-electron chi connectivity index (χ3n) is 2.62. The van der Waals surface area contributed by atoms with Gasteiger partial charge >= 0.3 is 0 Å². The summed E-state index contributed by atoms with van der Waals surface area (Å²) in [5.74, 6) is 0.415. The van der Waals surface area contributed by atoms with Crippen LogP contribution in [-0.4, -0.2) is 36.2 Å². The largest absolute Gasteiger partial charge is 0.497 e. The second-order valence-corrected chi connectivity index (χ2v) is 4.89. The van der Waals surface area contributed by atoms with E-state index in [1.807, 2.05) is 18.2 Å². The van der Waals surface area contributed by atoms with Crippen molar-refractivity contribution in [3.8, 4) is 5.75 Å². The Hall–Kier alpha value is -1.79. The lowest BCUT2D eigenvalue weighted by atomic mass is 10.2. The van der Waals surface area contributed by atoms with Crippen LogP contribution in [0.1, 0.15) is 5.56 Å². The molecule has 0 aliphatic carbocycles. The SMILES string of the molecule is COc1cccc(C=C2SC(=O)N(CCN)C2=O)c1. The molecule has 6 heteroatoms. The number of methoxy groups -OCH3 is 1. The molecule has 0 unspecified atom stereocenters. The highest BCUT2D eigenvalue weighted by Gasteiger charge is 2.34. The first-order valence-corrected chi connectivity index (χ1v) is 6.57. The minimum absolute atomic E-state index is 0.250. The minimum atomic E-state index is -0.289. The van der Waals surface area contributed by atoms with Crippen molar-refractivity contribution >= 4 is 29.0 Å². The highest BCUT2D eigenvalue weighted by atomic mass is 32.2. The first-order chi connectivity index (χ1) is 9.15. The summed E-state index contributed by atoms with van der Waals surface area (Å²) in [5, 5.41) is -0.274. The number of nitrogens with two attached hydrogens (primary N) is 1. The molecule has 5 nitrogen and oxygen atoms in total. The summed E-state index contributed by atoms with van der Waals surface area (Å²) in [4.78, 5) is 25.2. The number of imide groups is 1. The molecule has 0 aromatic heterocycles. The number of rotatable bonds is 4. The molecular formula is C13H14N2O3S. The molecular weight excluding hydrogens is 264 g/mol. The van der Waals surface area contributed by atoms with Crippen molar-refractivity contribution in [2.45, 2.75) is 0 Å². The van der Waals surface area contributed by atoms with E-state index in [1.165, 1.54) is 0 Å². The molecule has 1 fully saturated rings. The maximum absolute atomic E-state index is 12.0. The lowest BCUT2D eigenvalue weighted by molar-refractivity contribution is -0.122. The third kappa shape index (κ3) is 2.97. The summed E-state index contributed by atoms with van der Waals surface area (Å²) in [6.45, 7) is 0.518. The Morgan fingerprint density at radius 3 is 2.89 bits per heavy atom. The number of nitrogens with zero attached hydrogens (tertiary/aromatic N) is 1. The molecule has 0 bridgehead atoms. The van der Waals surface area contributed by atoms with Gasteiger partial charge in [0.15, 0.2) is 0 Å². The Kier molecular flexibility index (Phi) is 4.24. The Bertz CT molecular complexity index is 542. The van der Waals surface area contributed by atoms with E-state index in [4.69, 9.17) is 10.5 Å². The number of thioether (sulfide) groups is 1. The van der Waals surface area contributed by atoms with Crippen LogP contribution in [-0.2, 0) is 4.79 Å². The molecule has 1 aromatic rings. The summed E-state index contributed by atoms with van der Waals surface area (Å²) in [6, 6.07) is 7.29. The number of carbonyl (C=O) groups excluding carboxylic acids is 2. The number of amides is 2. The van der Waals surface area contributed by atoms with Crippen molar-refractivity contribution in [1.82, 2.24) is 4.90 Å². The highest BCUT2D eigenvalue weighted by Crippen LogP contribution is 2.32. The first kappa shape index (κ1) is 13.6. The van der Waals surface area contributed by atoms with E-state index < -0.39 is 0 Å². The molecule has 1 saturated heterocycles. The van der Waals surface area contributed by atoms with E-state index in [2.05, 4.69) is 0 Å². The summed E-state index contributed by atoms with van der Waals surface area (Å²) >= 11 is 0.932. The van der Waals surface area contributed by atoms with Crippen LogP contribution < -0.4 is 10.5 Å². The van der Waals surface area contributed by atoms with E-state index >= 15 is 0 Å². The van der Waals surface area contributed by atoms with Crippen LogP contribution in [0.25, 0.3) is 6.08 Å². The van der Waals surface area contributed by atoms with Gasteiger partial charge in [-0.3, -0.25) is 14.5 Å². The average molecular weight is 278 g/mol. The molecule has 0 spiro atoms. The van der Waals surface area contributed by atoms with Gasteiger partial charge in [-0.2, -0.15) is 0 Å². The van der Waals surface area contributed by atoms with Crippen molar-refractivity contribution in [2.75, 3.05) is 20.2 Å². The summed E-state index contributed by atoms with van der Waals surface area (Å²) in [6.07, 6.45) is 1.68. The van der Waals surface area contributed by atoms with Crippen LogP contribution in [0.2, 0.25) is 0 Å². The molecule has 1 heterocycles. The molecule has 2 amide bonds. The van der Waals surface area contributed by atoms with Gasteiger partial charge in [-0.25, -0.2) is 0 Å².